The number of carbonyl (C=O) groups excluding carboxylic acids is 1. The van der Waals surface area contributed by atoms with Crippen LogP contribution >= 0.6 is 0 Å². The first kappa shape index (κ1) is 13.6. The molecule has 0 unspecified atom stereocenters. The molecule has 5 heteroatoms. The number of hydrogen-bond acceptors (Lipinski definition) is 5. The fourth-order valence-corrected chi connectivity index (χ4v) is 2.38. The van der Waals surface area contributed by atoms with Gasteiger partial charge < -0.3 is 15.4 Å². The summed E-state index contributed by atoms with van der Waals surface area (Å²) in [4.78, 5) is 18.5. The van der Waals surface area contributed by atoms with Crippen molar-refractivity contribution < 1.29 is 9.53 Å². The van der Waals surface area contributed by atoms with Gasteiger partial charge in [0.2, 0.25) is 0 Å². The van der Waals surface area contributed by atoms with Crippen LogP contribution < -0.4 is 10.6 Å². The van der Waals surface area contributed by atoms with Crippen LogP contribution in [0.15, 0.2) is 12.3 Å². The SMILES string of the molecule is CCOC(=O)c1cc(N)cnc1N1CCC(C)(C)C1. The Hall–Kier alpha value is -1.78. The van der Waals surface area contributed by atoms with Crippen LogP contribution in [0.5, 0.6) is 0 Å². The normalized spacial score (nSPS) is 17.5. The number of pyridine rings is 1. The predicted molar refractivity (Wildman–Crippen MR) is 75.2 cm³/mol. The Morgan fingerprint density at radius 2 is 2.32 bits per heavy atom. The number of nitrogens with zero attached hydrogens (tertiary/aromatic N) is 2. The van der Waals surface area contributed by atoms with E-state index in [1.165, 1.54) is 0 Å². The number of nitrogen functional groups attached to an aromatic ring is 1. The van der Waals surface area contributed by atoms with Crippen molar-refractivity contribution in [3.63, 3.8) is 0 Å². The van der Waals surface area contributed by atoms with Crippen molar-refractivity contribution in [1.29, 1.82) is 0 Å². The lowest BCUT2D eigenvalue weighted by molar-refractivity contribution is 0.0526. The summed E-state index contributed by atoms with van der Waals surface area (Å²) in [6, 6.07) is 1.64. The van der Waals surface area contributed by atoms with Gasteiger partial charge in [-0.25, -0.2) is 9.78 Å². The molecular weight excluding hydrogens is 242 g/mol. The molecule has 0 aromatic carbocycles. The maximum absolute atomic E-state index is 12.0. The van der Waals surface area contributed by atoms with Crippen LogP contribution in [0.1, 0.15) is 37.6 Å². The lowest BCUT2D eigenvalue weighted by Gasteiger charge is -2.22. The predicted octanol–water partition coefficient (Wildman–Crippen LogP) is 2.08. The molecule has 104 valence electrons. The molecule has 0 atom stereocenters. The molecule has 1 fully saturated rings. The van der Waals surface area contributed by atoms with Crippen molar-refractivity contribution in [2.75, 3.05) is 30.3 Å². The Bertz CT molecular complexity index is 486. The quantitative estimate of drug-likeness (QED) is 0.846. The Labute approximate surface area is 113 Å². The van der Waals surface area contributed by atoms with Crippen molar-refractivity contribution >= 4 is 17.5 Å². The fourth-order valence-electron chi connectivity index (χ4n) is 2.38. The molecule has 19 heavy (non-hydrogen) atoms. The lowest BCUT2D eigenvalue weighted by atomic mass is 9.93. The first-order valence-electron chi connectivity index (χ1n) is 6.60. The summed E-state index contributed by atoms with van der Waals surface area (Å²) in [6.07, 6.45) is 2.67. The zero-order chi connectivity index (χ0) is 14.0. The molecule has 1 aliphatic heterocycles. The summed E-state index contributed by atoms with van der Waals surface area (Å²) in [5.41, 5.74) is 6.90. The van der Waals surface area contributed by atoms with Gasteiger partial charge in [0, 0.05) is 13.1 Å². The van der Waals surface area contributed by atoms with Gasteiger partial charge in [-0.15, -0.1) is 0 Å². The highest BCUT2D eigenvalue weighted by molar-refractivity contribution is 5.95. The average molecular weight is 263 g/mol. The van der Waals surface area contributed by atoms with Gasteiger partial charge in [-0.1, -0.05) is 13.8 Å². The lowest BCUT2D eigenvalue weighted by Crippen LogP contribution is -2.26. The molecular formula is C14H21N3O2. The van der Waals surface area contributed by atoms with E-state index in [4.69, 9.17) is 10.5 Å². The van der Waals surface area contributed by atoms with E-state index in [9.17, 15) is 4.79 Å². The summed E-state index contributed by atoms with van der Waals surface area (Å²) < 4.78 is 5.07. The van der Waals surface area contributed by atoms with E-state index >= 15 is 0 Å². The van der Waals surface area contributed by atoms with Crippen molar-refractivity contribution in [2.45, 2.75) is 27.2 Å². The minimum atomic E-state index is -0.359. The van der Waals surface area contributed by atoms with E-state index in [-0.39, 0.29) is 11.4 Å². The van der Waals surface area contributed by atoms with Crippen LogP contribution in [0.3, 0.4) is 0 Å². The number of esters is 1. The van der Waals surface area contributed by atoms with Crippen molar-refractivity contribution in [3.8, 4) is 0 Å². The van der Waals surface area contributed by atoms with Gasteiger partial charge in [0.05, 0.1) is 18.5 Å². The van der Waals surface area contributed by atoms with Crippen LogP contribution in [-0.4, -0.2) is 30.6 Å². The Balaban J connectivity index is 2.32. The van der Waals surface area contributed by atoms with Crippen LogP contribution in [-0.2, 0) is 4.74 Å². The summed E-state index contributed by atoms with van der Waals surface area (Å²) in [6.45, 7) is 8.35. The average Bonchev–Trinajstić information content (AvgIpc) is 2.70. The summed E-state index contributed by atoms with van der Waals surface area (Å²) in [5, 5.41) is 0. The maximum Gasteiger partial charge on any atom is 0.341 e. The molecule has 2 N–H and O–H groups in total. The van der Waals surface area contributed by atoms with Gasteiger partial charge in [-0.3, -0.25) is 0 Å². The molecule has 1 aliphatic rings. The highest BCUT2D eigenvalue weighted by atomic mass is 16.5. The third kappa shape index (κ3) is 2.97. The number of rotatable bonds is 3. The van der Waals surface area contributed by atoms with E-state index in [2.05, 4.69) is 23.7 Å². The highest BCUT2D eigenvalue weighted by Gasteiger charge is 2.32. The third-order valence-corrected chi connectivity index (χ3v) is 3.36. The molecule has 0 spiro atoms. The van der Waals surface area contributed by atoms with Crippen molar-refractivity contribution in [3.05, 3.63) is 17.8 Å². The van der Waals surface area contributed by atoms with Crippen LogP contribution in [0, 0.1) is 5.41 Å². The van der Waals surface area contributed by atoms with Crippen LogP contribution in [0.2, 0.25) is 0 Å². The van der Waals surface area contributed by atoms with Gasteiger partial charge in [0.1, 0.15) is 11.4 Å². The van der Waals surface area contributed by atoms with Crippen LogP contribution in [0.25, 0.3) is 0 Å². The highest BCUT2D eigenvalue weighted by Crippen LogP contribution is 2.33. The second kappa shape index (κ2) is 5.07. The number of nitrogens with two attached hydrogens (primary N) is 1. The molecule has 0 saturated carbocycles. The first-order chi connectivity index (χ1) is 8.93. The van der Waals surface area contributed by atoms with Gasteiger partial charge in [-0.05, 0) is 24.8 Å². The summed E-state index contributed by atoms with van der Waals surface area (Å²) in [7, 11) is 0. The van der Waals surface area contributed by atoms with Gasteiger partial charge in [-0.2, -0.15) is 0 Å². The van der Waals surface area contributed by atoms with Gasteiger partial charge in [0.15, 0.2) is 0 Å². The molecule has 2 heterocycles. The Kier molecular flexibility index (Phi) is 3.64. The first-order valence-corrected chi connectivity index (χ1v) is 6.60. The molecule has 0 aliphatic carbocycles. The third-order valence-electron chi connectivity index (χ3n) is 3.36. The van der Waals surface area contributed by atoms with E-state index in [0.29, 0.717) is 23.7 Å². The van der Waals surface area contributed by atoms with E-state index in [1.54, 1.807) is 19.2 Å². The Morgan fingerprint density at radius 3 is 2.89 bits per heavy atom. The molecule has 2 rings (SSSR count). The largest absolute Gasteiger partial charge is 0.462 e. The standard InChI is InChI=1S/C14H21N3O2/c1-4-19-13(18)11-7-10(15)8-16-12(11)17-6-5-14(2,3)9-17/h7-8H,4-6,9,15H2,1-3H3. The molecule has 1 aromatic rings. The van der Waals surface area contributed by atoms with E-state index < -0.39 is 0 Å². The number of anilines is 2. The molecule has 0 radical (unpaired) electrons. The van der Waals surface area contributed by atoms with E-state index in [0.717, 1.165) is 19.5 Å². The number of carbonyl (C=O) groups is 1. The molecule has 0 bridgehead atoms. The van der Waals surface area contributed by atoms with E-state index in [1.807, 2.05) is 0 Å². The fraction of sp³-hybridized carbons (Fsp3) is 0.571. The van der Waals surface area contributed by atoms with Gasteiger partial charge >= 0.3 is 5.97 Å². The maximum atomic E-state index is 12.0. The monoisotopic (exact) mass is 263 g/mol. The summed E-state index contributed by atoms with van der Waals surface area (Å²) >= 11 is 0. The molecule has 0 amide bonds. The molecule has 1 saturated heterocycles. The van der Waals surface area contributed by atoms with Crippen LogP contribution in [0.4, 0.5) is 11.5 Å². The Morgan fingerprint density at radius 1 is 1.58 bits per heavy atom. The van der Waals surface area contributed by atoms with Gasteiger partial charge in [0.25, 0.3) is 0 Å². The number of ether oxygens (including phenoxy) is 1. The topological polar surface area (TPSA) is 68.5 Å². The second-order valence-corrected chi connectivity index (χ2v) is 5.70. The molecule has 1 aromatic heterocycles. The van der Waals surface area contributed by atoms with Crippen molar-refractivity contribution in [2.24, 2.45) is 5.41 Å². The minimum Gasteiger partial charge on any atom is -0.462 e. The molecule has 5 nitrogen and oxygen atoms in total. The van der Waals surface area contributed by atoms with Crippen molar-refractivity contribution in [1.82, 2.24) is 4.98 Å². The number of hydrogen-bond donors (Lipinski definition) is 1. The minimum absolute atomic E-state index is 0.245. The zero-order valence-electron chi connectivity index (χ0n) is 11.8. The smallest absolute Gasteiger partial charge is 0.341 e. The summed E-state index contributed by atoms with van der Waals surface area (Å²) in [5.74, 6) is 0.320. The number of aromatic nitrogens is 1. The second-order valence-electron chi connectivity index (χ2n) is 5.70. The zero-order valence-corrected chi connectivity index (χ0v) is 11.8.